The molecule has 6 heteroatoms. The van der Waals surface area contributed by atoms with Gasteiger partial charge in [-0.25, -0.2) is 13.2 Å². The largest absolute Gasteiger partial charge is 0.376 e. The third kappa shape index (κ3) is 3.50. The van der Waals surface area contributed by atoms with E-state index >= 15 is 0 Å². The lowest BCUT2D eigenvalue weighted by molar-refractivity contribution is -0.102. The van der Waals surface area contributed by atoms with Crippen molar-refractivity contribution in [1.29, 1.82) is 0 Å². The number of benzene rings is 1. The molecule has 1 saturated heterocycles. The van der Waals surface area contributed by atoms with Crippen LogP contribution in [0.2, 0.25) is 0 Å². The van der Waals surface area contributed by atoms with E-state index in [-0.39, 0.29) is 5.56 Å². The van der Waals surface area contributed by atoms with E-state index in [0.717, 1.165) is 12.5 Å². The molecule has 0 amide bonds. The van der Waals surface area contributed by atoms with Crippen molar-refractivity contribution in [1.82, 2.24) is 5.32 Å². The van der Waals surface area contributed by atoms with Gasteiger partial charge in [-0.15, -0.1) is 0 Å². The monoisotopic (exact) mass is 289 g/mol. The normalized spacial score (nSPS) is 20.9. The van der Waals surface area contributed by atoms with E-state index in [4.69, 9.17) is 9.47 Å². The lowest BCUT2D eigenvalue weighted by Crippen LogP contribution is -2.41. The molecule has 1 heterocycles. The summed E-state index contributed by atoms with van der Waals surface area (Å²) in [4.78, 5) is 0. The van der Waals surface area contributed by atoms with Crippen LogP contribution in [-0.4, -0.2) is 32.5 Å². The molecule has 0 aromatic heterocycles. The highest BCUT2D eigenvalue weighted by Gasteiger charge is 2.29. The molecule has 20 heavy (non-hydrogen) atoms. The van der Waals surface area contributed by atoms with Crippen molar-refractivity contribution in [2.45, 2.75) is 25.5 Å². The molecule has 2 rings (SSSR count). The quantitative estimate of drug-likeness (QED) is 0.845. The highest BCUT2D eigenvalue weighted by atomic mass is 19.2. The van der Waals surface area contributed by atoms with Crippen LogP contribution in [0.15, 0.2) is 12.1 Å². The van der Waals surface area contributed by atoms with Crippen molar-refractivity contribution in [2.75, 3.05) is 26.4 Å². The Labute approximate surface area is 116 Å². The average molecular weight is 289 g/mol. The Hall–Kier alpha value is -1.11. The molecule has 1 fully saturated rings. The van der Waals surface area contributed by atoms with E-state index < -0.39 is 29.6 Å². The summed E-state index contributed by atoms with van der Waals surface area (Å²) in [5.41, 5.74) is 0.0628. The van der Waals surface area contributed by atoms with Gasteiger partial charge in [-0.05, 0) is 19.0 Å². The fraction of sp³-hybridized carbons (Fsp3) is 0.571. The van der Waals surface area contributed by atoms with Gasteiger partial charge >= 0.3 is 0 Å². The molecular weight excluding hydrogens is 271 g/mol. The summed E-state index contributed by atoms with van der Waals surface area (Å²) in [5.74, 6) is -3.05. The number of hydrogen-bond acceptors (Lipinski definition) is 3. The maximum absolute atomic E-state index is 13.9. The first-order valence-electron chi connectivity index (χ1n) is 6.70. The Bertz CT molecular complexity index is 450. The van der Waals surface area contributed by atoms with E-state index in [0.29, 0.717) is 32.4 Å². The number of hydrogen-bond donors (Lipinski definition) is 1. The molecule has 0 bridgehead atoms. The van der Waals surface area contributed by atoms with Gasteiger partial charge in [0.05, 0.1) is 25.9 Å². The van der Waals surface area contributed by atoms with Crippen LogP contribution in [0.5, 0.6) is 0 Å². The third-order valence-corrected chi connectivity index (χ3v) is 3.20. The lowest BCUT2D eigenvalue weighted by atomic mass is 10.00. The van der Waals surface area contributed by atoms with Gasteiger partial charge in [0, 0.05) is 11.6 Å². The molecule has 2 atom stereocenters. The molecule has 112 valence electrons. The summed E-state index contributed by atoms with van der Waals surface area (Å²) in [5, 5.41) is 3.11. The number of ether oxygens (including phenoxy) is 2. The Morgan fingerprint density at radius 1 is 1.20 bits per heavy atom. The van der Waals surface area contributed by atoms with Gasteiger partial charge < -0.3 is 14.8 Å². The second-order valence-corrected chi connectivity index (χ2v) is 4.70. The van der Waals surface area contributed by atoms with E-state index in [1.54, 1.807) is 0 Å². The molecule has 1 aromatic carbocycles. The maximum Gasteiger partial charge on any atom is 0.161 e. The van der Waals surface area contributed by atoms with Gasteiger partial charge in [0.25, 0.3) is 0 Å². The zero-order chi connectivity index (χ0) is 14.5. The Kier molecular flexibility index (Phi) is 5.39. The molecule has 0 aliphatic carbocycles. The highest BCUT2D eigenvalue weighted by molar-refractivity contribution is 5.24. The number of halogens is 3. The summed E-state index contributed by atoms with van der Waals surface area (Å²) in [6, 6.07) is 0.885. The summed E-state index contributed by atoms with van der Waals surface area (Å²) in [6.45, 7) is 3.75. The molecule has 1 aliphatic rings. The smallest absolute Gasteiger partial charge is 0.161 e. The van der Waals surface area contributed by atoms with Crippen molar-refractivity contribution in [2.24, 2.45) is 0 Å². The molecule has 0 saturated carbocycles. The second kappa shape index (κ2) is 7.06. The highest BCUT2D eigenvalue weighted by Crippen LogP contribution is 2.26. The predicted octanol–water partition coefficient (Wildman–Crippen LogP) is 2.56. The Morgan fingerprint density at radius 3 is 2.60 bits per heavy atom. The minimum atomic E-state index is -1.19. The first-order chi connectivity index (χ1) is 9.63. The molecule has 0 radical (unpaired) electrons. The predicted molar refractivity (Wildman–Crippen MR) is 67.9 cm³/mol. The van der Waals surface area contributed by atoms with Gasteiger partial charge in [-0.1, -0.05) is 6.92 Å². The standard InChI is InChI=1S/C14H18F3NO2/c1-2-3-18-14(13-8-19-4-5-20-13)9-6-11(16)12(17)7-10(9)15/h6-7,13-14,18H,2-5,8H2,1H3. The van der Waals surface area contributed by atoms with Crippen LogP contribution < -0.4 is 5.32 Å². The van der Waals surface area contributed by atoms with E-state index in [1.165, 1.54) is 0 Å². The summed E-state index contributed by atoms with van der Waals surface area (Å²) < 4.78 is 51.2. The van der Waals surface area contributed by atoms with E-state index in [1.807, 2.05) is 6.92 Å². The van der Waals surface area contributed by atoms with Gasteiger partial charge in [0.15, 0.2) is 11.6 Å². The number of rotatable bonds is 5. The fourth-order valence-electron chi connectivity index (χ4n) is 2.22. The molecule has 1 aliphatic heterocycles. The van der Waals surface area contributed by atoms with Crippen molar-refractivity contribution in [3.8, 4) is 0 Å². The molecule has 2 unspecified atom stereocenters. The molecular formula is C14H18F3NO2. The zero-order valence-corrected chi connectivity index (χ0v) is 11.3. The lowest BCUT2D eigenvalue weighted by Gasteiger charge is -2.31. The average Bonchev–Trinajstić information content (AvgIpc) is 2.45. The summed E-state index contributed by atoms with van der Waals surface area (Å²) in [6.07, 6.45) is 0.407. The van der Waals surface area contributed by atoms with Crippen molar-refractivity contribution in [3.05, 3.63) is 35.1 Å². The number of nitrogens with one attached hydrogen (secondary N) is 1. The topological polar surface area (TPSA) is 30.5 Å². The van der Waals surface area contributed by atoms with Gasteiger partial charge in [0.1, 0.15) is 11.9 Å². The van der Waals surface area contributed by atoms with Crippen molar-refractivity contribution in [3.63, 3.8) is 0 Å². The SMILES string of the molecule is CCCNC(c1cc(F)c(F)cc1F)C1COCCO1. The maximum atomic E-state index is 13.9. The molecule has 3 nitrogen and oxygen atoms in total. The first-order valence-corrected chi connectivity index (χ1v) is 6.70. The Balaban J connectivity index is 2.27. The van der Waals surface area contributed by atoms with Gasteiger partial charge in [0.2, 0.25) is 0 Å². The zero-order valence-electron chi connectivity index (χ0n) is 11.3. The minimum absolute atomic E-state index is 0.0628. The fourth-order valence-corrected chi connectivity index (χ4v) is 2.22. The molecule has 1 N–H and O–H groups in total. The Morgan fingerprint density at radius 2 is 1.95 bits per heavy atom. The van der Waals surface area contributed by atoms with E-state index in [2.05, 4.69) is 5.32 Å². The van der Waals surface area contributed by atoms with Crippen LogP contribution in [0.25, 0.3) is 0 Å². The first kappa shape index (κ1) is 15.3. The summed E-state index contributed by atoms with van der Waals surface area (Å²) >= 11 is 0. The van der Waals surface area contributed by atoms with Crippen LogP contribution >= 0.6 is 0 Å². The molecule has 0 spiro atoms. The summed E-state index contributed by atoms with van der Waals surface area (Å²) in [7, 11) is 0. The van der Waals surface area contributed by atoms with Crippen LogP contribution in [-0.2, 0) is 9.47 Å². The second-order valence-electron chi connectivity index (χ2n) is 4.70. The van der Waals surface area contributed by atoms with Crippen LogP contribution in [0, 0.1) is 17.5 Å². The molecule has 1 aromatic rings. The van der Waals surface area contributed by atoms with Gasteiger partial charge in [-0.2, -0.15) is 0 Å². The van der Waals surface area contributed by atoms with E-state index in [9.17, 15) is 13.2 Å². The van der Waals surface area contributed by atoms with Crippen LogP contribution in [0.1, 0.15) is 24.9 Å². The van der Waals surface area contributed by atoms with Crippen molar-refractivity contribution < 1.29 is 22.6 Å². The van der Waals surface area contributed by atoms with Crippen LogP contribution in [0.3, 0.4) is 0 Å². The minimum Gasteiger partial charge on any atom is -0.376 e. The van der Waals surface area contributed by atoms with Crippen LogP contribution in [0.4, 0.5) is 13.2 Å². The van der Waals surface area contributed by atoms with Gasteiger partial charge in [-0.3, -0.25) is 0 Å². The van der Waals surface area contributed by atoms with Crippen molar-refractivity contribution >= 4 is 0 Å². The third-order valence-electron chi connectivity index (χ3n) is 3.20.